The van der Waals surface area contributed by atoms with Gasteiger partial charge in [-0.25, -0.2) is 0 Å². The van der Waals surface area contributed by atoms with E-state index in [-0.39, 0.29) is 16.8 Å². The predicted octanol–water partition coefficient (Wildman–Crippen LogP) is 5.91. The van der Waals surface area contributed by atoms with Crippen LogP contribution in [0.15, 0.2) is 0 Å². The van der Waals surface area contributed by atoms with Gasteiger partial charge in [-0.1, -0.05) is 99.3 Å². The molecule has 6 unspecified atom stereocenters. The van der Waals surface area contributed by atoms with Gasteiger partial charge in [0.25, 0.3) is 0 Å². The van der Waals surface area contributed by atoms with Crippen molar-refractivity contribution in [2.45, 2.75) is 119 Å². The Morgan fingerprint density at radius 2 is 0.730 bits per heavy atom. The van der Waals surface area contributed by atoms with Crippen molar-refractivity contribution >= 4 is 24.8 Å². The summed E-state index contributed by atoms with van der Waals surface area (Å²) < 4.78 is 44.2. The molecule has 0 amide bonds. The van der Waals surface area contributed by atoms with E-state index in [1.807, 2.05) is 0 Å². The maximum atomic E-state index is 10.1. The van der Waals surface area contributed by atoms with Gasteiger partial charge in [-0.15, -0.1) is 0 Å². The van der Waals surface area contributed by atoms with Crippen LogP contribution in [0.1, 0.15) is 119 Å². The largest absolute Gasteiger partial charge is 3.00 e. The van der Waals surface area contributed by atoms with E-state index < -0.39 is 24.8 Å². The van der Waals surface area contributed by atoms with Crippen LogP contribution >= 0.6 is 24.8 Å². The standard InChI is InChI=1S/3C8H19O3P.Co/c3*1-3-5-6-8(4-2)7-11-12(9)10;/h3*8,12H,3-7H2,1-2H3,(H,9,10);/q;;;+3/p-3. The first-order valence-electron chi connectivity index (χ1n) is 13.6. The van der Waals surface area contributed by atoms with E-state index in [0.717, 1.165) is 77.0 Å². The van der Waals surface area contributed by atoms with Gasteiger partial charge < -0.3 is 41.9 Å². The second-order valence-corrected chi connectivity index (χ2v) is 11.3. The summed E-state index contributed by atoms with van der Waals surface area (Å²) in [6.45, 7) is 13.7. The Hall–Kier alpha value is 0.956. The van der Waals surface area contributed by atoms with Gasteiger partial charge in [0.2, 0.25) is 0 Å². The maximum absolute atomic E-state index is 10.1. The molecule has 0 aromatic carbocycles. The second kappa shape index (κ2) is 35.0. The fourth-order valence-corrected chi connectivity index (χ4v) is 4.37. The Morgan fingerprint density at radius 1 is 0.514 bits per heavy atom. The van der Waals surface area contributed by atoms with Crippen molar-refractivity contribution in [3.8, 4) is 0 Å². The van der Waals surface area contributed by atoms with Crippen LogP contribution in [0.5, 0.6) is 0 Å². The molecule has 0 spiro atoms. The second-order valence-electron chi connectivity index (χ2n) is 8.93. The van der Waals surface area contributed by atoms with Gasteiger partial charge in [-0.2, -0.15) is 0 Å². The minimum absolute atomic E-state index is 0. The molecule has 6 atom stereocenters. The topological polar surface area (TPSA) is 148 Å². The van der Waals surface area contributed by atoms with E-state index in [4.69, 9.17) is 0 Å². The fourth-order valence-electron chi connectivity index (χ4n) is 3.25. The summed E-state index contributed by atoms with van der Waals surface area (Å²) in [4.78, 5) is 30.4. The van der Waals surface area contributed by atoms with E-state index in [9.17, 15) is 28.4 Å². The smallest absolute Gasteiger partial charge is 0.781 e. The van der Waals surface area contributed by atoms with Crippen molar-refractivity contribution in [3.05, 3.63) is 0 Å². The van der Waals surface area contributed by atoms with Crippen molar-refractivity contribution < 1.29 is 58.7 Å². The van der Waals surface area contributed by atoms with Gasteiger partial charge in [0, 0.05) is 0 Å². The predicted molar refractivity (Wildman–Crippen MR) is 145 cm³/mol. The molecule has 0 radical (unpaired) electrons. The molecule has 0 aliphatic rings. The van der Waals surface area contributed by atoms with Gasteiger partial charge in [-0.3, -0.25) is 0 Å². The summed E-state index contributed by atoms with van der Waals surface area (Å²) in [7, 11) is -8.89. The van der Waals surface area contributed by atoms with Crippen LogP contribution in [-0.2, 0) is 44.0 Å². The van der Waals surface area contributed by atoms with Crippen LogP contribution < -0.4 is 14.7 Å². The van der Waals surface area contributed by atoms with E-state index >= 15 is 0 Å². The summed E-state index contributed by atoms with van der Waals surface area (Å²) in [5.74, 6) is 1.23. The first-order chi connectivity index (χ1) is 17.1. The Labute approximate surface area is 239 Å². The van der Waals surface area contributed by atoms with Crippen LogP contribution in [0.3, 0.4) is 0 Å². The molecule has 0 N–H and O–H groups in total. The fraction of sp³-hybridized carbons (Fsp3) is 1.00. The van der Waals surface area contributed by atoms with Crippen molar-refractivity contribution in [2.24, 2.45) is 17.8 Å². The van der Waals surface area contributed by atoms with Crippen LogP contribution in [0.25, 0.3) is 0 Å². The summed E-state index contributed by atoms with van der Waals surface area (Å²) in [5, 5.41) is 0. The molecule has 37 heavy (non-hydrogen) atoms. The molecular formula is C24H54CoO9P3. The van der Waals surface area contributed by atoms with Crippen molar-refractivity contribution in [1.29, 1.82) is 0 Å². The molecule has 0 saturated heterocycles. The zero-order valence-electron chi connectivity index (χ0n) is 23.8. The molecule has 0 saturated carbocycles. The molecule has 0 fully saturated rings. The zero-order valence-corrected chi connectivity index (χ0v) is 27.9. The number of hydrogen-bond acceptors (Lipinski definition) is 9. The zero-order chi connectivity index (χ0) is 28.2. The third kappa shape index (κ3) is 39.2. The average molecular weight is 639 g/mol. The molecular weight excluding hydrogens is 584 g/mol. The molecule has 0 aromatic heterocycles. The molecule has 13 heteroatoms. The van der Waals surface area contributed by atoms with Crippen molar-refractivity contribution in [2.75, 3.05) is 19.8 Å². The SMILES string of the molecule is CCCCC(CC)CO[PH](=O)[O-].CCCCC(CC)CO[PH](=O)[O-].CCCCC(CC)CO[PH](=O)[O-].[Co+3]. The Morgan fingerprint density at radius 3 is 0.865 bits per heavy atom. The average Bonchev–Trinajstić information content (AvgIpc) is 2.85. The minimum Gasteiger partial charge on any atom is -0.781 e. The van der Waals surface area contributed by atoms with Gasteiger partial charge >= 0.3 is 16.8 Å². The first-order valence-corrected chi connectivity index (χ1v) is 17.3. The molecule has 0 heterocycles. The summed E-state index contributed by atoms with van der Waals surface area (Å²) in [5.41, 5.74) is 0. The van der Waals surface area contributed by atoms with Gasteiger partial charge in [0.05, 0.1) is 19.8 Å². The van der Waals surface area contributed by atoms with Crippen LogP contribution in [0.4, 0.5) is 0 Å². The van der Waals surface area contributed by atoms with Crippen LogP contribution in [0.2, 0.25) is 0 Å². The Bertz CT molecular complexity index is 460. The number of rotatable bonds is 21. The molecule has 0 rings (SSSR count). The number of hydrogen-bond donors (Lipinski definition) is 0. The quantitative estimate of drug-likeness (QED) is 0.140. The summed E-state index contributed by atoms with van der Waals surface area (Å²) in [6.07, 6.45) is 13.1. The molecule has 0 bridgehead atoms. The summed E-state index contributed by atoms with van der Waals surface area (Å²) >= 11 is 0. The monoisotopic (exact) mass is 638 g/mol. The summed E-state index contributed by atoms with van der Waals surface area (Å²) in [6, 6.07) is 0. The Kier molecular flexibility index (Phi) is 42.5. The third-order valence-electron chi connectivity index (χ3n) is 5.94. The number of unbranched alkanes of at least 4 members (excludes halogenated alkanes) is 3. The van der Waals surface area contributed by atoms with Crippen LogP contribution in [-0.4, -0.2) is 19.8 Å². The van der Waals surface area contributed by atoms with E-state index in [2.05, 4.69) is 55.1 Å². The van der Waals surface area contributed by atoms with E-state index in [0.29, 0.717) is 37.6 Å². The Balaban J connectivity index is -0.000000218. The van der Waals surface area contributed by atoms with Crippen molar-refractivity contribution in [3.63, 3.8) is 0 Å². The van der Waals surface area contributed by atoms with E-state index in [1.54, 1.807) is 0 Å². The molecule has 228 valence electrons. The normalized spacial score (nSPS) is 15.5. The van der Waals surface area contributed by atoms with E-state index in [1.165, 1.54) is 0 Å². The molecule has 9 nitrogen and oxygen atoms in total. The molecule has 0 aliphatic heterocycles. The maximum Gasteiger partial charge on any atom is 3.00 e. The van der Waals surface area contributed by atoms with Gasteiger partial charge in [0.1, 0.15) is 24.8 Å². The molecule has 0 aliphatic carbocycles. The third-order valence-corrected chi connectivity index (χ3v) is 7.15. The first kappa shape index (κ1) is 45.0. The van der Waals surface area contributed by atoms with Gasteiger partial charge in [-0.05, 0) is 37.0 Å². The van der Waals surface area contributed by atoms with Crippen molar-refractivity contribution in [1.82, 2.24) is 0 Å². The van der Waals surface area contributed by atoms with Crippen LogP contribution in [0, 0.1) is 17.8 Å². The minimum atomic E-state index is -2.96. The molecule has 0 aromatic rings. The van der Waals surface area contributed by atoms with Gasteiger partial charge in [0.15, 0.2) is 0 Å².